The van der Waals surface area contributed by atoms with E-state index in [1.807, 2.05) is 12.1 Å². The first-order valence-corrected chi connectivity index (χ1v) is 6.89. The van der Waals surface area contributed by atoms with E-state index in [0.29, 0.717) is 18.0 Å². The van der Waals surface area contributed by atoms with Crippen molar-refractivity contribution in [3.8, 4) is 0 Å². The van der Waals surface area contributed by atoms with Gasteiger partial charge in [0.05, 0.1) is 0 Å². The lowest BCUT2D eigenvalue weighted by molar-refractivity contribution is -0.0328. The van der Waals surface area contributed by atoms with Crippen LogP contribution in [0.5, 0.6) is 0 Å². The van der Waals surface area contributed by atoms with E-state index in [9.17, 15) is 13.2 Å². The van der Waals surface area contributed by atoms with Crippen molar-refractivity contribution in [2.24, 2.45) is 0 Å². The molecule has 1 unspecified atom stereocenters. The standard InChI is InChI=1S/C12H15ClF3NS/c1-17-8-10(6-7-18-12(14,15)16)9-2-4-11(13)5-3-9/h2-5,10,17H,6-8H2,1H3. The van der Waals surface area contributed by atoms with Gasteiger partial charge in [0.1, 0.15) is 0 Å². The molecule has 102 valence electrons. The third-order valence-electron chi connectivity index (χ3n) is 2.52. The number of likely N-dealkylation sites (N-methyl/N-ethyl adjacent to an activating group) is 1. The van der Waals surface area contributed by atoms with Crippen LogP contribution in [0.2, 0.25) is 5.02 Å². The Balaban J connectivity index is 2.57. The van der Waals surface area contributed by atoms with Gasteiger partial charge in [0.2, 0.25) is 0 Å². The van der Waals surface area contributed by atoms with Crippen LogP contribution in [0.15, 0.2) is 24.3 Å². The zero-order valence-corrected chi connectivity index (χ0v) is 11.5. The molecule has 0 heterocycles. The van der Waals surface area contributed by atoms with Gasteiger partial charge in [-0.3, -0.25) is 0 Å². The van der Waals surface area contributed by atoms with Crippen molar-refractivity contribution >= 4 is 23.4 Å². The second kappa shape index (κ2) is 7.26. The van der Waals surface area contributed by atoms with Crippen molar-refractivity contribution in [3.05, 3.63) is 34.9 Å². The van der Waals surface area contributed by atoms with E-state index < -0.39 is 5.51 Å². The van der Waals surface area contributed by atoms with E-state index in [0.717, 1.165) is 5.56 Å². The number of benzene rings is 1. The average Bonchev–Trinajstić information content (AvgIpc) is 2.27. The molecule has 0 aliphatic rings. The summed E-state index contributed by atoms with van der Waals surface area (Å²) in [7, 11) is 1.79. The Hall–Kier alpha value is -0.390. The number of hydrogen-bond acceptors (Lipinski definition) is 2. The van der Waals surface area contributed by atoms with E-state index in [2.05, 4.69) is 5.32 Å². The highest BCUT2D eigenvalue weighted by atomic mass is 35.5. The first kappa shape index (κ1) is 15.7. The first-order chi connectivity index (χ1) is 8.42. The molecular formula is C12H15ClF3NS. The van der Waals surface area contributed by atoms with Crippen LogP contribution < -0.4 is 5.32 Å². The highest BCUT2D eigenvalue weighted by molar-refractivity contribution is 8.00. The van der Waals surface area contributed by atoms with Crippen LogP contribution in [-0.4, -0.2) is 24.9 Å². The summed E-state index contributed by atoms with van der Waals surface area (Å²) in [6.07, 6.45) is 0.479. The minimum absolute atomic E-state index is 0.0317. The number of hydrogen-bond donors (Lipinski definition) is 1. The van der Waals surface area contributed by atoms with Crippen molar-refractivity contribution in [1.29, 1.82) is 0 Å². The molecular weight excluding hydrogens is 283 g/mol. The number of rotatable bonds is 6. The predicted molar refractivity (Wildman–Crippen MR) is 71.2 cm³/mol. The lowest BCUT2D eigenvalue weighted by atomic mass is 9.96. The zero-order valence-electron chi connectivity index (χ0n) is 9.93. The van der Waals surface area contributed by atoms with Crippen LogP contribution in [0.1, 0.15) is 17.9 Å². The van der Waals surface area contributed by atoms with E-state index in [1.165, 1.54) is 0 Å². The van der Waals surface area contributed by atoms with Crippen molar-refractivity contribution in [3.63, 3.8) is 0 Å². The van der Waals surface area contributed by atoms with Crippen LogP contribution >= 0.6 is 23.4 Å². The summed E-state index contributed by atoms with van der Waals surface area (Å²) in [5.74, 6) is 0.139. The fourth-order valence-electron chi connectivity index (χ4n) is 1.68. The zero-order chi connectivity index (χ0) is 13.6. The molecule has 1 nitrogen and oxygen atoms in total. The largest absolute Gasteiger partial charge is 0.441 e. The molecule has 0 spiro atoms. The summed E-state index contributed by atoms with van der Waals surface area (Å²) in [5.41, 5.74) is -3.14. The van der Waals surface area contributed by atoms with Crippen LogP contribution in [0.25, 0.3) is 0 Å². The molecule has 0 amide bonds. The van der Waals surface area contributed by atoms with Gasteiger partial charge >= 0.3 is 5.51 Å². The van der Waals surface area contributed by atoms with Gasteiger partial charge in [-0.1, -0.05) is 35.5 Å². The molecule has 0 saturated carbocycles. The third kappa shape index (κ3) is 5.98. The fraction of sp³-hybridized carbons (Fsp3) is 0.500. The van der Waals surface area contributed by atoms with Gasteiger partial charge in [0.25, 0.3) is 0 Å². The van der Waals surface area contributed by atoms with Crippen LogP contribution in [0, 0.1) is 0 Å². The van der Waals surface area contributed by atoms with Gasteiger partial charge in [-0.15, -0.1) is 0 Å². The maximum atomic E-state index is 12.1. The number of halogens is 4. The van der Waals surface area contributed by atoms with Gasteiger partial charge in [-0.25, -0.2) is 0 Å². The predicted octanol–water partition coefficient (Wildman–Crippen LogP) is 4.29. The Morgan fingerprint density at radius 2 is 1.89 bits per heavy atom. The summed E-state index contributed by atoms with van der Waals surface area (Å²) in [4.78, 5) is 0. The summed E-state index contributed by atoms with van der Waals surface area (Å²) < 4.78 is 36.2. The van der Waals surface area contributed by atoms with E-state index >= 15 is 0 Å². The lowest BCUT2D eigenvalue weighted by Crippen LogP contribution is -2.18. The van der Waals surface area contributed by atoms with Gasteiger partial charge in [0, 0.05) is 17.3 Å². The third-order valence-corrected chi connectivity index (χ3v) is 3.54. The van der Waals surface area contributed by atoms with Crippen LogP contribution in [0.4, 0.5) is 13.2 Å². The summed E-state index contributed by atoms with van der Waals surface area (Å²) >= 11 is 5.82. The molecule has 0 aliphatic carbocycles. The summed E-state index contributed by atoms with van der Waals surface area (Å²) in [6, 6.07) is 7.25. The molecule has 0 aliphatic heterocycles. The minimum Gasteiger partial charge on any atom is -0.319 e. The smallest absolute Gasteiger partial charge is 0.319 e. The van der Waals surface area contributed by atoms with Crippen LogP contribution in [-0.2, 0) is 0 Å². The van der Waals surface area contributed by atoms with E-state index in [4.69, 9.17) is 11.6 Å². The number of alkyl halides is 3. The molecule has 1 aromatic carbocycles. The van der Waals surface area contributed by atoms with Gasteiger partial charge in [0.15, 0.2) is 0 Å². The number of nitrogens with one attached hydrogen (secondary N) is 1. The lowest BCUT2D eigenvalue weighted by Gasteiger charge is -2.17. The Morgan fingerprint density at radius 1 is 1.28 bits per heavy atom. The Morgan fingerprint density at radius 3 is 2.39 bits per heavy atom. The normalized spacial score (nSPS) is 13.6. The molecule has 6 heteroatoms. The Kier molecular flexibility index (Phi) is 6.32. The molecule has 0 aromatic heterocycles. The quantitative estimate of drug-likeness (QED) is 0.841. The maximum absolute atomic E-state index is 12.1. The van der Waals surface area contributed by atoms with E-state index in [1.54, 1.807) is 19.2 Å². The highest BCUT2D eigenvalue weighted by Crippen LogP contribution is 2.32. The second-order valence-corrected chi connectivity index (χ2v) is 5.49. The topological polar surface area (TPSA) is 12.0 Å². The van der Waals surface area contributed by atoms with E-state index in [-0.39, 0.29) is 23.4 Å². The number of thioether (sulfide) groups is 1. The molecule has 1 atom stereocenters. The van der Waals surface area contributed by atoms with Crippen molar-refractivity contribution < 1.29 is 13.2 Å². The molecule has 1 rings (SSSR count). The van der Waals surface area contributed by atoms with Gasteiger partial charge in [-0.05, 0) is 37.1 Å². The van der Waals surface area contributed by atoms with Gasteiger partial charge in [-0.2, -0.15) is 13.2 Å². The maximum Gasteiger partial charge on any atom is 0.441 e. The SMILES string of the molecule is CNCC(CCSC(F)(F)F)c1ccc(Cl)cc1. The Bertz CT molecular complexity index is 353. The van der Waals surface area contributed by atoms with Crippen molar-refractivity contribution in [2.45, 2.75) is 17.8 Å². The summed E-state index contributed by atoms with van der Waals surface area (Å²) in [5, 5.41) is 3.64. The molecule has 1 aromatic rings. The first-order valence-electron chi connectivity index (χ1n) is 5.53. The minimum atomic E-state index is -4.15. The molecule has 0 saturated heterocycles. The van der Waals surface area contributed by atoms with Crippen LogP contribution in [0.3, 0.4) is 0 Å². The average molecular weight is 298 g/mol. The molecule has 0 fully saturated rings. The summed E-state index contributed by atoms with van der Waals surface area (Å²) in [6.45, 7) is 0.653. The molecule has 1 N–H and O–H groups in total. The second-order valence-electron chi connectivity index (χ2n) is 3.89. The van der Waals surface area contributed by atoms with Gasteiger partial charge < -0.3 is 5.32 Å². The highest BCUT2D eigenvalue weighted by Gasteiger charge is 2.28. The molecule has 0 radical (unpaired) electrons. The molecule has 0 bridgehead atoms. The fourth-order valence-corrected chi connectivity index (χ4v) is 2.44. The molecule has 18 heavy (non-hydrogen) atoms. The monoisotopic (exact) mass is 297 g/mol. The van der Waals surface area contributed by atoms with Crippen molar-refractivity contribution in [2.75, 3.05) is 19.3 Å². The Labute approximate surface area is 114 Å². The van der Waals surface area contributed by atoms with Crippen molar-refractivity contribution in [1.82, 2.24) is 5.32 Å².